The third-order valence-corrected chi connectivity index (χ3v) is 5.62. The molecule has 0 aliphatic rings. The van der Waals surface area contributed by atoms with Gasteiger partial charge in [-0.1, -0.05) is 0 Å². The number of carboxylic acid groups (broad SMARTS) is 1. The minimum Gasteiger partial charge on any atom is -0.506 e. The van der Waals surface area contributed by atoms with E-state index >= 15 is 0 Å². The minimum atomic E-state index is -1.25. The van der Waals surface area contributed by atoms with E-state index in [1.165, 1.54) is 0 Å². The molecule has 1 aromatic rings. The lowest BCUT2D eigenvalue weighted by Gasteiger charge is -2.15. The average molecular weight is 633 g/mol. The van der Waals surface area contributed by atoms with Gasteiger partial charge < -0.3 is 25.7 Å². The van der Waals surface area contributed by atoms with Gasteiger partial charge in [-0.15, -0.1) is 0 Å². The highest BCUT2D eigenvalue weighted by molar-refractivity contribution is 14.1. The normalized spacial score (nSPS) is 12.0. The number of phenolic OH excluding ortho intramolecular Hbond substituents is 1. The number of hydrogen-bond acceptors (Lipinski definition) is 5. The summed E-state index contributed by atoms with van der Waals surface area (Å²) in [6.45, 7) is -0.691. The summed E-state index contributed by atoms with van der Waals surface area (Å²) < 4.78 is 0.575. The van der Waals surface area contributed by atoms with Crippen LogP contribution in [-0.4, -0.2) is 51.6 Å². The van der Waals surface area contributed by atoms with Crippen molar-refractivity contribution in [2.75, 3.05) is 13.2 Å². The smallest absolute Gasteiger partial charge is 0.338 e. The molecule has 1 aromatic carbocycles. The number of phenols is 1. The first kappa shape index (κ1) is 19.1. The van der Waals surface area contributed by atoms with Gasteiger partial charge in [-0.3, -0.25) is 4.79 Å². The van der Waals surface area contributed by atoms with Gasteiger partial charge in [0.15, 0.2) is 0 Å². The molecule has 1 amide bonds. The number of rotatable bonds is 5. The lowest BCUT2D eigenvalue weighted by Crippen LogP contribution is -2.35. The molecular formula is C11H10I3NO6. The third-order valence-electron chi connectivity index (χ3n) is 2.44. The zero-order valence-electron chi connectivity index (χ0n) is 10.2. The van der Waals surface area contributed by atoms with Crippen LogP contribution in [-0.2, 0) is 0 Å². The fourth-order valence-electron chi connectivity index (χ4n) is 1.40. The van der Waals surface area contributed by atoms with Crippen molar-refractivity contribution in [1.29, 1.82) is 0 Å². The number of hydrogen-bond donors (Lipinski definition) is 5. The van der Waals surface area contributed by atoms with Gasteiger partial charge in [-0.05, 0) is 67.8 Å². The van der Waals surface area contributed by atoms with E-state index in [1.54, 1.807) is 67.8 Å². The number of nitrogens with one attached hydrogen (secondary N) is 1. The van der Waals surface area contributed by atoms with Crippen molar-refractivity contribution >= 4 is 79.6 Å². The first-order valence-corrected chi connectivity index (χ1v) is 8.65. The van der Waals surface area contributed by atoms with E-state index in [4.69, 9.17) is 5.11 Å². The van der Waals surface area contributed by atoms with Crippen LogP contribution < -0.4 is 5.32 Å². The monoisotopic (exact) mass is 633 g/mol. The maximum atomic E-state index is 12.1. The van der Waals surface area contributed by atoms with Crippen LogP contribution in [0.3, 0.4) is 0 Å². The van der Waals surface area contributed by atoms with E-state index in [9.17, 15) is 24.9 Å². The first-order valence-electron chi connectivity index (χ1n) is 5.42. The van der Waals surface area contributed by atoms with Crippen molar-refractivity contribution in [3.05, 3.63) is 21.8 Å². The van der Waals surface area contributed by atoms with Crippen molar-refractivity contribution in [3.63, 3.8) is 0 Å². The molecule has 0 aliphatic heterocycles. The molecule has 1 atom stereocenters. The molecule has 0 aromatic heterocycles. The van der Waals surface area contributed by atoms with Crippen LogP contribution in [0.2, 0.25) is 0 Å². The Morgan fingerprint density at radius 3 is 2.10 bits per heavy atom. The van der Waals surface area contributed by atoms with Crippen molar-refractivity contribution in [1.82, 2.24) is 5.32 Å². The van der Waals surface area contributed by atoms with Gasteiger partial charge in [0, 0.05) is 10.1 Å². The van der Waals surface area contributed by atoms with Gasteiger partial charge in [-0.2, -0.15) is 0 Å². The second kappa shape index (κ2) is 8.07. The zero-order chi connectivity index (χ0) is 16.3. The number of carbonyl (C=O) groups is 2. The predicted octanol–water partition coefficient (Wildman–Crippen LogP) is 0.987. The number of carbonyl (C=O) groups excluding carboxylic acids is 1. The SMILES string of the molecule is O=C(O)c1c(I)c(O)c(I)c(C(=O)NCC(O)CO)c1I. The fraction of sp³-hybridized carbons (Fsp3) is 0.273. The number of aromatic carboxylic acids is 1. The Morgan fingerprint density at radius 2 is 1.62 bits per heavy atom. The standard InChI is InChI=1S/C11H10I3NO6/c12-6-4(10(19)15-1-3(17)2-16)7(13)9(18)8(14)5(6)11(20)21/h3,16-18H,1-2H2,(H,15,19)(H,20,21). The van der Waals surface area contributed by atoms with Crippen LogP contribution in [0.4, 0.5) is 0 Å². The van der Waals surface area contributed by atoms with Gasteiger partial charge in [0.1, 0.15) is 5.75 Å². The number of benzene rings is 1. The lowest BCUT2D eigenvalue weighted by molar-refractivity contribution is 0.0694. The molecule has 0 saturated heterocycles. The number of aliphatic hydroxyl groups excluding tert-OH is 2. The molecule has 0 spiro atoms. The van der Waals surface area contributed by atoms with E-state index < -0.39 is 24.6 Å². The molecule has 0 heterocycles. The lowest BCUT2D eigenvalue weighted by atomic mass is 10.1. The first-order chi connectivity index (χ1) is 9.72. The van der Waals surface area contributed by atoms with Crippen LogP contribution in [0.5, 0.6) is 5.75 Å². The fourth-order valence-corrected chi connectivity index (χ4v) is 5.52. The maximum absolute atomic E-state index is 12.1. The molecule has 21 heavy (non-hydrogen) atoms. The minimum absolute atomic E-state index is 0.0247. The van der Waals surface area contributed by atoms with E-state index in [2.05, 4.69) is 5.32 Å². The molecule has 0 aliphatic carbocycles. The van der Waals surface area contributed by atoms with Gasteiger partial charge in [-0.25, -0.2) is 4.79 Å². The zero-order valence-corrected chi connectivity index (χ0v) is 16.7. The largest absolute Gasteiger partial charge is 0.506 e. The highest BCUT2D eigenvalue weighted by atomic mass is 127. The average Bonchev–Trinajstić information content (AvgIpc) is 2.42. The second-order valence-corrected chi connectivity index (χ2v) is 7.13. The highest BCUT2D eigenvalue weighted by Crippen LogP contribution is 2.36. The molecule has 5 N–H and O–H groups in total. The molecule has 7 nitrogen and oxygen atoms in total. The summed E-state index contributed by atoms with van der Waals surface area (Å²) in [6, 6.07) is 0. The quantitative estimate of drug-likeness (QED) is 0.308. The van der Waals surface area contributed by atoms with Gasteiger partial charge in [0.25, 0.3) is 5.91 Å². The second-order valence-electron chi connectivity index (χ2n) is 3.89. The molecule has 0 bridgehead atoms. The number of amides is 1. The van der Waals surface area contributed by atoms with Crippen molar-refractivity contribution in [2.24, 2.45) is 0 Å². The summed E-state index contributed by atoms with van der Waals surface area (Å²) in [5, 5.41) is 39.5. The van der Waals surface area contributed by atoms with Crippen LogP contribution >= 0.6 is 67.8 Å². The number of aromatic hydroxyl groups is 1. The molecular weight excluding hydrogens is 623 g/mol. The Morgan fingerprint density at radius 1 is 1.10 bits per heavy atom. The van der Waals surface area contributed by atoms with Gasteiger partial charge in [0.2, 0.25) is 0 Å². The van der Waals surface area contributed by atoms with Crippen LogP contribution in [0, 0.1) is 10.7 Å². The molecule has 0 fully saturated rings. The number of halogens is 3. The van der Waals surface area contributed by atoms with Crippen LogP contribution in [0.15, 0.2) is 0 Å². The number of aliphatic hydroxyl groups is 2. The van der Waals surface area contributed by atoms with Crippen molar-refractivity contribution in [3.8, 4) is 5.75 Å². The van der Waals surface area contributed by atoms with Crippen molar-refractivity contribution < 1.29 is 30.0 Å². The Kier molecular flexibility index (Phi) is 7.35. The topological polar surface area (TPSA) is 127 Å². The Balaban J connectivity index is 3.30. The van der Waals surface area contributed by atoms with E-state index in [0.717, 1.165) is 0 Å². The van der Waals surface area contributed by atoms with E-state index in [-0.39, 0.29) is 34.1 Å². The Hall–Kier alpha value is 0.0700. The van der Waals surface area contributed by atoms with E-state index in [0.29, 0.717) is 0 Å². The molecule has 1 rings (SSSR count). The summed E-state index contributed by atoms with van der Waals surface area (Å²) in [4.78, 5) is 23.4. The Labute approximate surface area is 160 Å². The van der Waals surface area contributed by atoms with Crippen LogP contribution in [0.25, 0.3) is 0 Å². The summed E-state index contributed by atoms with van der Waals surface area (Å²) >= 11 is 5.19. The van der Waals surface area contributed by atoms with Crippen LogP contribution in [0.1, 0.15) is 20.7 Å². The predicted molar refractivity (Wildman–Crippen MR) is 98.6 cm³/mol. The summed E-state index contributed by atoms with van der Waals surface area (Å²) in [5.41, 5.74) is -0.126. The maximum Gasteiger partial charge on any atom is 0.338 e. The molecule has 116 valence electrons. The third kappa shape index (κ3) is 4.29. The van der Waals surface area contributed by atoms with Gasteiger partial charge >= 0.3 is 5.97 Å². The summed E-state index contributed by atoms with van der Waals surface area (Å²) in [7, 11) is 0. The Bertz CT molecular complexity index is 592. The number of carboxylic acids is 1. The molecule has 1 unspecified atom stereocenters. The molecule has 0 radical (unpaired) electrons. The summed E-state index contributed by atoms with van der Waals surface area (Å²) in [5.74, 6) is -2.16. The molecule has 10 heteroatoms. The highest BCUT2D eigenvalue weighted by Gasteiger charge is 2.27. The summed E-state index contributed by atoms with van der Waals surface area (Å²) in [6.07, 6.45) is -1.11. The van der Waals surface area contributed by atoms with Crippen molar-refractivity contribution in [2.45, 2.75) is 6.10 Å². The molecule has 0 saturated carbocycles. The van der Waals surface area contributed by atoms with Gasteiger partial charge in [0.05, 0.1) is 31.0 Å². The van der Waals surface area contributed by atoms with E-state index in [1.807, 2.05) is 0 Å².